The van der Waals surface area contributed by atoms with E-state index in [1.165, 1.54) is 0 Å². The Morgan fingerprint density at radius 1 is 0.867 bits per heavy atom. The van der Waals surface area contributed by atoms with Gasteiger partial charge in [-0.2, -0.15) is 0 Å². The Kier molecular flexibility index (Phi) is 5.47. The summed E-state index contributed by atoms with van der Waals surface area (Å²) in [5.74, 6) is 0. The molecule has 0 atom stereocenters. The maximum Gasteiger partial charge on any atom is 0.409 e. The zero-order valence-electron chi connectivity index (χ0n) is 11.5. The fourth-order valence-electron chi connectivity index (χ4n) is 1.01. The minimum Gasteiger partial charge on any atom is -0.380 e. The molecular weight excluding hydrogens is 206 g/mol. The quantitative estimate of drug-likeness (QED) is 0.756. The van der Waals surface area contributed by atoms with E-state index < -0.39 is 9.45 Å². The second kappa shape index (κ2) is 5.43. The van der Waals surface area contributed by atoms with Gasteiger partial charge in [-0.15, -0.1) is 0 Å². The monoisotopic (exact) mass is 233 g/mol. The van der Waals surface area contributed by atoms with Crippen LogP contribution in [-0.2, 0) is 8.85 Å². The van der Waals surface area contributed by atoms with E-state index in [2.05, 4.69) is 60.4 Å². The molecular formula is C11H27NO2Si. The van der Waals surface area contributed by atoms with Gasteiger partial charge in [0.25, 0.3) is 0 Å². The van der Waals surface area contributed by atoms with Crippen molar-refractivity contribution in [3.8, 4) is 0 Å². The minimum atomic E-state index is -1.79. The van der Waals surface area contributed by atoms with E-state index in [4.69, 9.17) is 8.85 Å². The van der Waals surface area contributed by atoms with Crippen molar-refractivity contribution in [2.24, 2.45) is 0 Å². The zero-order chi connectivity index (χ0) is 12.3. The fourth-order valence-corrected chi connectivity index (χ4v) is 3.02. The standard InChI is InChI=1S/C11H27NO2Si/c1-9(2)12-15(13-10(3,4)5)14-11(6,7)8/h9,12,15H,1-8H3. The van der Waals surface area contributed by atoms with Crippen LogP contribution in [0.1, 0.15) is 55.4 Å². The van der Waals surface area contributed by atoms with Crippen molar-refractivity contribution < 1.29 is 8.85 Å². The molecule has 0 aromatic rings. The summed E-state index contributed by atoms with van der Waals surface area (Å²) >= 11 is 0. The molecule has 4 heteroatoms. The van der Waals surface area contributed by atoms with E-state index >= 15 is 0 Å². The summed E-state index contributed by atoms with van der Waals surface area (Å²) in [6.45, 7) is 16.6. The highest BCUT2D eigenvalue weighted by atomic mass is 28.3. The van der Waals surface area contributed by atoms with Crippen LogP contribution in [0.3, 0.4) is 0 Å². The predicted octanol–water partition coefficient (Wildman–Crippen LogP) is 2.33. The van der Waals surface area contributed by atoms with Gasteiger partial charge in [0, 0.05) is 0 Å². The van der Waals surface area contributed by atoms with Crippen molar-refractivity contribution in [3.63, 3.8) is 0 Å². The first-order valence-corrected chi connectivity index (χ1v) is 7.13. The molecule has 0 aliphatic rings. The predicted molar refractivity (Wildman–Crippen MR) is 67.1 cm³/mol. The molecule has 0 radical (unpaired) electrons. The van der Waals surface area contributed by atoms with Crippen LogP contribution in [0, 0.1) is 0 Å². The van der Waals surface area contributed by atoms with Gasteiger partial charge in [-0.05, 0) is 47.6 Å². The number of rotatable bonds is 4. The topological polar surface area (TPSA) is 30.5 Å². The van der Waals surface area contributed by atoms with Gasteiger partial charge in [0.1, 0.15) is 0 Å². The molecule has 0 unspecified atom stereocenters. The van der Waals surface area contributed by atoms with Gasteiger partial charge in [-0.25, -0.2) is 0 Å². The Labute approximate surface area is 96.5 Å². The Hall–Kier alpha value is 0.0969. The summed E-state index contributed by atoms with van der Waals surface area (Å²) in [4.78, 5) is 3.39. The number of nitrogens with one attached hydrogen (secondary N) is 1. The second-order valence-corrected chi connectivity index (χ2v) is 7.58. The van der Waals surface area contributed by atoms with Crippen LogP contribution in [0.2, 0.25) is 0 Å². The van der Waals surface area contributed by atoms with Gasteiger partial charge >= 0.3 is 9.45 Å². The van der Waals surface area contributed by atoms with Crippen molar-refractivity contribution in [1.82, 2.24) is 4.98 Å². The fraction of sp³-hybridized carbons (Fsp3) is 1.00. The third kappa shape index (κ3) is 10.4. The van der Waals surface area contributed by atoms with E-state index in [0.717, 1.165) is 0 Å². The van der Waals surface area contributed by atoms with Crippen LogP contribution in [0.4, 0.5) is 0 Å². The Morgan fingerprint density at radius 3 is 1.40 bits per heavy atom. The first-order chi connectivity index (χ1) is 6.49. The number of hydrogen-bond acceptors (Lipinski definition) is 3. The van der Waals surface area contributed by atoms with Crippen LogP contribution in [0.15, 0.2) is 0 Å². The maximum atomic E-state index is 5.93. The third-order valence-electron chi connectivity index (χ3n) is 1.39. The van der Waals surface area contributed by atoms with Crippen molar-refractivity contribution in [2.45, 2.75) is 72.6 Å². The Bertz CT molecular complexity index is 166. The molecule has 0 aliphatic carbocycles. The molecule has 15 heavy (non-hydrogen) atoms. The van der Waals surface area contributed by atoms with Gasteiger partial charge < -0.3 is 8.85 Å². The van der Waals surface area contributed by atoms with Gasteiger partial charge in [0.15, 0.2) is 0 Å². The Morgan fingerprint density at radius 2 is 1.20 bits per heavy atom. The van der Waals surface area contributed by atoms with E-state index in [0.29, 0.717) is 6.04 Å². The lowest BCUT2D eigenvalue weighted by molar-refractivity contribution is 0.0271. The highest BCUT2D eigenvalue weighted by molar-refractivity contribution is 6.41. The molecule has 0 saturated carbocycles. The largest absolute Gasteiger partial charge is 0.409 e. The molecule has 0 saturated heterocycles. The summed E-state index contributed by atoms with van der Waals surface area (Å²) in [5, 5.41) is 0. The van der Waals surface area contributed by atoms with Crippen LogP contribution < -0.4 is 4.98 Å². The van der Waals surface area contributed by atoms with Crippen molar-refractivity contribution >= 4 is 9.45 Å². The lowest BCUT2D eigenvalue weighted by Crippen LogP contribution is -2.51. The van der Waals surface area contributed by atoms with E-state index in [1.807, 2.05) is 0 Å². The Balaban J connectivity index is 4.32. The molecule has 0 bridgehead atoms. The summed E-state index contributed by atoms with van der Waals surface area (Å²) in [7, 11) is -1.79. The third-order valence-corrected chi connectivity index (χ3v) is 4.17. The van der Waals surface area contributed by atoms with Gasteiger partial charge in [-0.3, -0.25) is 4.98 Å². The average Bonchev–Trinajstić information content (AvgIpc) is 1.73. The van der Waals surface area contributed by atoms with Crippen molar-refractivity contribution in [1.29, 1.82) is 0 Å². The molecule has 3 nitrogen and oxygen atoms in total. The molecule has 0 aromatic carbocycles. The van der Waals surface area contributed by atoms with E-state index in [9.17, 15) is 0 Å². The zero-order valence-corrected chi connectivity index (χ0v) is 12.6. The first-order valence-electron chi connectivity index (χ1n) is 5.61. The lowest BCUT2D eigenvalue weighted by atomic mass is 10.2. The number of hydrogen-bond donors (Lipinski definition) is 1. The molecule has 92 valence electrons. The summed E-state index contributed by atoms with van der Waals surface area (Å²) in [5.41, 5.74) is -0.298. The highest BCUT2D eigenvalue weighted by Gasteiger charge is 2.27. The minimum absolute atomic E-state index is 0.149. The summed E-state index contributed by atoms with van der Waals surface area (Å²) < 4.78 is 11.9. The van der Waals surface area contributed by atoms with Gasteiger partial charge in [0.2, 0.25) is 0 Å². The normalized spacial score (nSPS) is 14.0. The van der Waals surface area contributed by atoms with Gasteiger partial charge in [-0.1, -0.05) is 13.8 Å². The SMILES string of the molecule is CC(C)N[SiH](OC(C)(C)C)OC(C)(C)C. The molecule has 0 aromatic heterocycles. The van der Waals surface area contributed by atoms with Crippen LogP contribution in [-0.4, -0.2) is 26.7 Å². The molecule has 0 rings (SSSR count). The van der Waals surface area contributed by atoms with Crippen LogP contribution >= 0.6 is 0 Å². The second-order valence-electron chi connectivity index (χ2n) is 6.11. The van der Waals surface area contributed by atoms with Crippen molar-refractivity contribution in [2.75, 3.05) is 0 Å². The molecule has 0 amide bonds. The maximum absolute atomic E-state index is 5.93. The summed E-state index contributed by atoms with van der Waals surface area (Å²) in [6, 6.07) is 0.395. The van der Waals surface area contributed by atoms with Crippen molar-refractivity contribution in [3.05, 3.63) is 0 Å². The molecule has 0 fully saturated rings. The average molecular weight is 233 g/mol. The lowest BCUT2D eigenvalue weighted by Gasteiger charge is -2.32. The van der Waals surface area contributed by atoms with Crippen LogP contribution in [0.5, 0.6) is 0 Å². The first kappa shape index (κ1) is 15.1. The molecule has 0 aliphatic heterocycles. The van der Waals surface area contributed by atoms with Gasteiger partial charge in [0.05, 0.1) is 11.2 Å². The van der Waals surface area contributed by atoms with Crippen LogP contribution in [0.25, 0.3) is 0 Å². The smallest absolute Gasteiger partial charge is 0.380 e. The molecule has 0 heterocycles. The molecule has 1 N–H and O–H groups in total. The van der Waals surface area contributed by atoms with E-state index in [-0.39, 0.29) is 11.2 Å². The summed E-state index contributed by atoms with van der Waals surface area (Å²) in [6.07, 6.45) is 0. The van der Waals surface area contributed by atoms with E-state index in [1.54, 1.807) is 0 Å². The molecule has 0 spiro atoms. The highest BCUT2D eigenvalue weighted by Crippen LogP contribution is 2.14.